The molecule has 0 saturated heterocycles. The van der Waals surface area contributed by atoms with Crippen molar-refractivity contribution in [2.75, 3.05) is 6.54 Å². The summed E-state index contributed by atoms with van der Waals surface area (Å²) < 4.78 is 0. The van der Waals surface area contributed by atoms with Crippen molar-refractivity contribution in [3.8, 4) is 0 Å². The maximum absolute atomic E-state index is 10.7. The minimum Gasteiger partial charge on any atom is -0.476 e. The Labute approximate surface area is 118 Å². The quantitative estimate of drug-likeness (QED) is 0.787. The molecule has 0 aliphatic heterocycles. The summed E-state index contributed by atoms with van der Waals surface area (Å²) in [4.78, 5) is 14.8. The normalized spacial score (nSPS) is 23.4. The van der Waals surface area contributed by atoms with E-state index in [0.717, 1.165) is 24.1 Å². The average Bonchev–Trinajstić information content (AvgIpc) is 2.84. The van der Waals surface area contributed by atoms with Crippen molar-refractivity contribution in [2.24, 2.45) is 11.8 Å². The summed E-state index contributed by atoms with van der Waals surface area (Å²) in [6.45, 7) is 4.02. The van der Waals surface area contributed by atoms with E-state index < -0.39 is 5.97 Å². The molecular formula is C14H22N2O2S. The van der Waals surface area contributed by atoms with Gasteiger partial charge in [0.1, 0.15) is 0 Å². The molecular weight excluding hydrogens is 260 g/mol. The highest BCUT2D eigenvalue weighted by Crippen LogP contribution is 2.30. The number of nitrogens with zero attached hydrogens (tertiary/aromatic N) is 1. The Morgan fingerprint density at radius 2 is 2.42 bits per heavy atom. The van der Waals surface area contributed by atoms with E-state index in [2.05, 4.69) is 17.2 Å². The fourth-order valence-corrected chi connectivity index (χ4v) is 3.49. The van der Waals surface area contributed by atoms with Gasteiger partial charge in [0, 0.05) is 11.9 Å². The van der Waals surface area contributed by atoms with E-state index in [9.17, 15) is 4.79 Å². The van der Waals surface area contributed by atoms with E-state index in [0.29, 0.717) is 6.54 Å². The van der Waals surface area contributed by atoms with Gasteiger partial charge in [0.15, 0.2) is 0 Å². The van der Waals surface area contributed by atoms with Gasteiger partial charge in [0.2, 0.25) is 5.01 Å². The lowest BCUT2D eigenvalue weighted by atomic mass is 9.81. The number of carbonyl (C=O) groups is 1. The number of aromatic nitrogens is 1. The predicted octanol–water partition coefficient (Wildman–Crippen LogP) is 3.15. The van der Waals surface area contributed by atoms with Crippen LogP contribution in [0.15, 0.2) is 5.38 Å². The first-order valence-corrected chi connectivity index (χ1v) is 7.91. The van der Waals surface area contributed by atoms with Crippen molar-refractivity contribution in [2.45, 2.75) is 45.6 Å². The lowest BCUT2D eigenvalue weighted by Crippen LogP contribution is -2.21. The molecule has 0 spiro atoms. The highest BCUT2D eigenvalue weighted by Gasteiger charge is 2.18. The Hall–Kier alpha value is -0.940. The molecule has 1 aromatic rings. The highest BCUT2D eigenvalue weighted by molar-refractivity contribution is 7.11. The second kappa shape index (κ2) is 7.01. The number of carboxylic acid groups (broad SMARTS) is 1. The molecule has 2 atom stereocenters. The smallest absolute Gasteiger partial charge is 0.365 e. The number of hydrogen-bond donors (Lipinski definition) is 2. The summed E-state index contributed by atoms with van der Waals surface area (Å²) in [5, 5.41) is 14.2. The molecule has 1 aliphatic rings. The lowest BCUT2D eigenvalue weighted by Gasteiger charge is -2.26. The van der Waals surface area contributed by atoms with E-state index in [1.807, 2.05) is 5.38 Å². The second-order valence-electron chi connectivity index (χ2n) is 5.55. The maximum atomic E-state index is 10.7. The Bertz CT molecular complexity index is 419. The van der Waals surface area contributed by atoms with Crippen LogP contribution in [0, 0.1) is 11.8 Å². The molecule has 5 heteroatoms. The van der Waals surface area contributed by atoms with Crippen LogP contribution in [-0.2, 0) is 6.54 Å². The van der Waals surface area contributed by atoms with Crippen LogP contribution < -0.4 is 5.32 Å². The van der Waals surface area contributed by atoms with E-state index in [4.69, 9.17) is 5.11 Å². The van der Waals surface area contributed by atoms with E-state index in [1.54, 1.807) is 0 Å². The lowest BCUT2D eigenvalue weighted by molar-refractivity contribution is 0.0696. The first kappa shape index (κ1) is 14.5. The molecule has 1 aromatic heterocycles. The van der Waals surface area contributed by atoms with Crippen molar-refractivity contribution >= 4 is 17.3 Å². The van der Waals surface area contributed by atoms with Crippen LogP contribution in [0.5, 0.6) is 0 Å². The highest BCUT2D eigenvalue weighted by atomic mass is 32.1. The molecule has 2 unspecified atom stereocenters. The number of nitrogens with one attached hydrogen (secondary N) is 1. The SMILES string of the molecule is CC1CCCC(CCNCc2csc(C(=O)O)n2)C1. The van der Waals surface area contributed by atoms with Gasteiger partial charge in [-0.05, 0) is 31.2 Å². The summed E-state index contributed by atoms with van der Waals surface area (Å²) in [5.41, 5.74) is 0.833. The number of carboxylic acids is 1. The molecule has 0 bridgehead atoms. The zero-order valence-corrected chi connectivity index (χ0v) is 12.2. The van der Waals surface area contributed by atoms with Gasteiger partial charge >= 0.3 is 5.97 Å². The van der Waals surface area contributed by atoms with Crippen LogP contribution in [0.2, 0.25) is 0 Å². The van der Waals surface area contributed by atoms with Crippen molar-refractivity contribution in [3.63, 3.8) is 0 Å². The largest absolute Gasteiger partial charge is 0.476 e. The Morgan fingerprint density at radius 3 is 3.11 bits per heavy atom. The van der Waals surface area contributed by atoms with Crippen LogP contribution in [0.1, 0.15) is 54.5 Å². The van der Waals surface area contributed by atoms with Gasteiger partial charge in [-0.3, -0.25) is 0 Å². The van der Waals surface area contributed by atoms with Gasteiger partial charge in [-0.1, -0.05) is 26.2 Å². The van der Waals surface area contributed by atoms with Gasteiger partial charge < -0.3 is 10.4 Å². The van der Waals surface area contributed by atoms with Crippen molar-refractivity contribution in [3.05, 3.63) is 16.1 Å². The van der Waals surface area contributed by atoms with Crippen LogP contribution in [0.25, 0.3) is 0 Å². The third-order valence-corrected chi connectivity index (χ3v) is 4.69. The standard InChI is InChI=1S/C14H22N2O2S/c1-10-3-2-4-11(7-10)5-6-15-8-12-9-19-13(16-12)14(17)18/h9-11,15H,2-8H2,1H3,(H,17,18). The fourth-order valence-electron chi connectivity index (χ4n) is 2.83. The van der Waals surface area contributed by atoms with Crippen molar-refractivity contribution < 1.29 is 9.90 Å². The monoisotopic (exact) mass is 282 g/mol. The zero-order valence-electron chi connectivity index (χ0n) is 11.4. The third kappa shape index (κ3) is 4.58. The maximum Gasteiger partial charge on any atom is 0.365 e. The Balaban J connectivity index is 1.64. The summed E-state index contributed by atoms with van der Waals surface area (Å²) in [7, 11) is 0. The molecule has 2 N–H and O–H groups in total. The van der Waals surface area contributed by atoms with Gasteiger partial charge in [0.05, 0.1) is 5.69 Å². The van der Waals surface area contributed by atoms with Crippen LogP contribution in [-0.4, -0.2) is 22.6 Å². The molecule has 1 saturated carbocycles. The number of hydrogen-bond acceptors (Lipinski definition) is 4. The molecule has 106 valence electrons. The Kier molecular flexibility index (Phi) is 5.34. The fraction of sp³-hybridized carbons (Fsp3) is 0.714. The van der Waals surface area contributed by atoms with Gasteiger partial charge in [-0.25, -0.2) is 9.78 Å². The molecule has 2 rings (SSSR count). The minimum atomic E-state index is -0.938. The molecule has 4 nitrogen and oxygen atoms in total. The van der Waals surface area contributed by atoms with Gasteiger partial charge in [-0.15, -0.1) is 11.3 Å². The van der Waals surface area contributed by atoms with Crippen LogP contribution in [0.4, 0.5) is 0 Å². The molecule has 1 fully saturated rings. The number of aromatic carboxylic acids is 1. The van der Waals surface area contributed by atoms with E-state index in [1.165, 1.54) is 43.4 Å². The summed E-state index contributed by atoms with van der Waals surface area (Å²) in [5.74, 6) is 0.809. The first-order valence-electron chi connectivity index (χ1n) is 7.03. The Morgan fingerprint density at radius 1 is 1.58 bits per heavy atom. The molecule has 0 amide bonds. The second-order valence-corrected chi connectivity index (χ2v) is 6.41. The summed E-state index contributed by atoms with van der Waals surface area (Å²) in [6.07, 6.45) is 6.72. The molecule has 1 aliphatic carbocycles. The molecule has 0 radical (unpaired) electrons. The summed E-state index contributed by atoms with van der Waals surface area (Å²) in [6, 6.07) is 0. The van der Waals surface area contributed by atoms with Crippen molar-refractivity contribution in [1.82, 2.24) is 10.3 Å². The molecule has 1 heterocycles. The predicted molar refractivity (Wildman–Crippen MR) is 76.5 cm³/mol. The zero-order chi connectivity index (χ0) is 13.7. The average molecular weight is 282 g/mol. The number of rotatable bonds is 6. The van der Waals surface area contributed by atoms with Crippen molar-refractivity contribution in [1.29, 1.82) is 0 Å². The van der Waals surface area contributed by atoms with Crippen LogP contribution in [0.3, 0.4) is 0 Å². The topological polar surface area (TPSA) is 62.2 Å². The van der Waals surface area contributed by atoms with E-state index in [-0.39, 0.29) is 5.01 Å². The third-order valence-electron chi connectivity index (χ3n) is 3.82. The molecule has 0 aromatic carbocycles. The first-order chi connectivity index (χ1) is 9.15. The summed E-state index contributed by atoms with van der Waals surface area (Å²) >= 11 is 1.19. The molecule has 19 heavy (non-hydrogen) atoms. The van der Waals surface area contributed by atoms with Crippen LogP contribution >= 0.6 is 11.3 Å². The minimum absolute atomic E-state index is 0.179. The number of thiazole rings is 1. The van der Waals surface area contributed by atoms with Gasteiger partial charge in [0.25, 0.3) is 0 Å². The van der Waals surface area contributed by atoms with Gasteiger partial charge in [-0.2, -0.15) is 0 Å². The van der Waals surface area contributed by atoms with E-state index >= 15 is 0 Å².